The van der Waals surface area contributed by atoms with Gasteiger partial charge in [-0.2, -0.15) is 0 Å². The predicted molar refractivity (Wildman–Crippen MR) is 90.8 cm³/mol. The molecular formula is C18H28N2O3. The van der Waals surface area contributed by atoms with Gasteiger partial charge in [-0.1, -0.05) is 13.3 Å². The van der Waals surface area contributed by atoms with Gasteiger partial charge in [-0.15, -0.1) is 0 Å². The summed E-state index contributed by atoms with van der Waals surface area (Å²) in [6, 6.07) is 3.66. The van der Waals surface area contributed by atoms with E-state index < -0.39 is 5.60 Å². The Morgan fingerprint density at radius 1 is 1.30 bits per heavy atom. The summed E-state index contributed by atoms with van der Waals surface area (Å²) in [5.41, 5.74) is 0.818. The van der Waals surface area contributed by atoms with Crippen LogP contribution in [0.25, 0.3) is 0 Å². The van der Waals surface area contributed by atoms with Crippen molar-refractivity contribution in [3.63, 3.8) is 0 Å². The molecule has 0 saturated heterocycles. The zero-order chi connectivity index (χ0) is 16.7. The molecule has 1 heterocycles. The Morgan fingerprint density at radius 3 is 2.65 bits per heavy atom. The zero-order valence-electron chi connectivity index (χ0n) is 14.5. The van der Waals surface area contributed by atoms with Crippen LogP contribution in [0.3, 0.4) is 0 Å². The standard InChI is InChI=1S/C18H28N2O3/c1-4-6-13-22-16-10-9-15(14(3)19-16)20-17(21)18(23-5-2)11-7-8-12-18/h9-10H,4-8,11-13H2,1-3H3,(H,20,21). The third-order valence-electron chi connectivity index (χ3n) is 4.30. The number of carbonyl (C=O) groups excluding carboxylic acids is 1. The van der Waals surface area contributed by atoms with Crippen molar-refractivity contribution in [2.45, 2.75) is 64.9 Å². The lowest BCUT2D eigenvalue weighted by Crippen LogP contribution is -2.43. The van der Waals surface area contributed by atoms with E-state index in [0.29, 0.717) is 19.1 Å². The quantitative estimate of drug-likeness (QED) is 0.739. The molecule has 0 aliphatic heterocycles. The fraction of sp³-hybridized carbons (Fsp3) is 0.667. The van der Waals surface area contributed by atoms with Crippen LogP contribution in [0.15, 0.2) is 12.1 Å². The maximum atomic E-state index is 12.7. The Balaban J connectivity index is 2.03. The highest BCUT2D eigenvalue weighted by atomic mass is 16.5. The van der Waals surface area contributed by atoms with Crippen molar-refractivity contribution in [1.29, 1.82) is 0 Å². The summed E-state index contributed by atoms with van der Waals surface area (Å²) in [4.78, 5) is 17.1. The summed E-state index contributed by atoms with van der Waals surface area (Å²) in [6.45, 7) is 7.15. The van der Waals surface area contributed by atoms with Gasteiger partial charge < -0.3 is 14.8 Å². The number of nitrogens with one attached hydrogen (secondary N) is 1. The van der Waals surface area contributed by atoms with E-state index in [1.165, 1.54) is 0 Å². The first-order valence-corrected chi connectivity index (χ1v) is 8.67. The molecule has 1 aromatic heterocycles. The highest BCUT2D eigenvalue weighted by Gasteiger charge is 2.42. The molecule has 5 nitrogen and oxygen atoms in total. The number of carbonyl (C=O) groups is 1. The van der Waals surface area contributed by atoms with Crippen LogP contribution in [-0.4, -0.2) is 29.7 Å². The normalized spacial score (nSPS) is 16.3. The summed E-state index contributed by atoms with van der Waals surface area (Å²) < 4.78 is 11.4. The van der Waals surface area contributed by atoms with E-state index in [1.807, 2.05) is 19.9 Å². The molecule has 0 unspecified atom stereocenters. The third-order valence-corrected chi connectivity index (χ3v) is 4.30. The van der Waals surface area contributed by atoms with Gasteiger partial charge in [0.2, 0.25) is 5.88 Å². The number of unbranched alkanes of at least 4 members (excludes halogenated alkanes) is 1. The largest absolute Gasteiger partial charge is 0.478 e. The maximum Gasteiger partial charge on any atom is 0.256 e. The Hall–Kier alpha value is -1.62. The molecule has 0 aromatic carbocycles. The Kier molecular flexibility index (Phi) is 6.39. The summed E-state index contributed by atoms with van der Waals surface area (Å²) in [6.07, 6.45) is 5.75. The molecule has 1 saturated carbocycles. The first kappa shape index (κ1) is 17.7. The summed E-state index contributed by atoms with van der Waals surface area (Å²) in [7, 11) is 0. The van der Waals surface area contributed by atoms with Crippen LogP contribution in [-0.2, 0) is 9.53 Å². The van der Waals surface area contributed by atoms with E-state index in [1.54, 1.807) is 6.07 Å². The molecule has 0 atom stereocenters. The van der Waals surface area contributed by atoms with Crippen LogP contribution in [0.4, 0.5) is 5.69 Å². The van der Waals surface area contributed by atoms with Gasteiger partial charge in [0.25, 0.3) is 5.91 Å². The smallest absolute Gasteiger partial charge is 0.256 e. The van der Waals surface area contributed by atoms with Crippen LogP contribution < -0.4 is 10.1 Å². The minimum Gasteiger partial charge on any atom is -0.478 e. The second-order valence-corrected chi connectivity index (χ2v) is 6.07. The summed E-state index contributed by atoms with van der Waals surface area (Å²) in [5.74, 6) is 0.552. The Morgan fingerprint density at radius 2 is 2.04 bits per heavy atom. The van der Waals surface area contributed by atoms with Crippen LogP contribution in [0.5, 0.6) is 5.88 Å². The van der Waals surface area contributed by atoms with Crippen LogP contribution >= 0.6 is 0 Å². The van der Waals surface area contributed by atoms with Crippen molar-refractivity contribution in [3.8, 4) is 5.88 Å². The van der Waals surface area contributed by atoms with Gasteiger partial charge in [-0.25, -0.2) is 4.98 Å². The minimum absolute atomic E-state index is 0.0543. The van der Waals surface area contributed by atoms with Gasteiger partial charge in [0.1, 0.15) is 5.60 Å². The number of amides is 1. The molecule has 1 aliphatic rings. The van der Waals surface area contributed by atoms with Gasteiger partial charge in [0.15, 0.2) is 0 Å². The van der Waals surface area contributed by atoms with E-state index in [0.717, 1.165) is 49.9 Å². The number of nitrogens with zero attached hydrogens (tertiary/aromatic N) is 1. The van der Waals surface area contributed by atoms with Gasteiger partial charge in [-0.05, 0) is 52.0 Å². The van der Waals surface area contributed by atoms with Gasteiger partial charge in [-0.3, -0.25) is 4.79 Å². The van der Waals surface area contributed by atoms with Crippen molar-refractivity contribution in [3.05, 3.63) is 17.8 Å². The molecule has 1 aromatic rings. The van der Waals surface area contributed by atoms with Crippen molar-refractivity contribution in [2.75, 3.05) is 18.5 Å². The van der Waals surface area contributed by atoms with E-state index in [2.05, 4.69) is 17.2 Å². The molecule has 0 bridgehead atoms. The van der Waals surface area contributed by atoms with Crippen molar-refractivity contribution >= 4 is 11.6 Å². The topological polar surface area (TPSA) is 60.5 Å². The molecule has 0 radical (unpaired) electrons. The fourth-order valence-electron chi connectivity index (χ4n) is 2.97. The molecule has 23 heavy (non-hydrogen) atoms. The van der Waals surface area contributed by atoms with E-state index >= 15 is 0 Å². The minimum atomic E-state index is -0.669. The van der Waals surface area contributed by atoms with Gasteiger partial charge >= 0.3 is 0 Å². The Labute approximate surface area is 138 Å². The van der Waals surface area contributed by atoms with E-state index in [-0.39, 0.29) is 5.91 Å². The number of rotatable bonds is 8. The second-order valence-electron chi connectivity index (χ2n) is 6.07. The molecule has 5 heteroatoms. The molecule has 1 fully saturated rings. The number of ether oxygens (including phenoxy) is 2. The molecule has 1 aliphatic carbocycles. The molecule has 1 N–H and O–H groups in total. The third kappa shape index (κ3) is 4.44. The number of aryl methyl sites for hydroxylation is 1. The summed E-state index contributed by atoms with van der Waals surface area (Å²) >= 11 is 0. The lowest BCUT2D eigenvalue weighted by Gasteiger charge is -2.27. The zero-order valence-corrected chi connectivity index (χ0v) is 14.5. The lowest BCUT2D eigenvalue weighted by molar-refractivity contribution is -0.140. The Bertz CT molecular complexity index is 525. The molecule has 128 valence electrons. The maximum absolute atomic E-state index is 12.7. The second kappa shape index (κ2) is 8.29. The first-order valence-electron chi connectivity index (χ1n) is 8.67. The van der Waals surface area contributed by atoms with Crippen LogP contribution in [0.1, 0.15) is 58.1 Å². The van der Waals surface area contributed by atoms with Crippen molar-refractivity contribution in [1.82, 2.24) is 4.98 Å². The molecule has 1 amide bonds. The molecule has 0 spiro atoms. The van der Waals surface area contributed by atoms with E-state index in [9.17, 15) is 4.79 Å². The van der Waals surface area contributed by atoms with Gasteiger partial charge in [0, 0.05) is 12.7 Å². The highest BCUT2D eigenvalue weighted by Crippen LogP contribution is 2.34. The predicted octanol–water partition coefficient (Wildman–Crippen LogP) is 3.86. The molecular weight excluding hydrogens is 292 g/mol. The monoisotopic (exact) mass is 320 g/mol. The number of aromatic nitrogens is 1. The van der Waals surface area contributed by atoms with Crippen molar-refractivity contribution < 1.29 is 14.3 Å². The van der Waals surface area contributed by atoms with E-state index in [4.69, 9.17) is 9.47 Å². The van der Waals surface area contributed by atoms with Crippen LogP contribution in [0, 0.1) is 6.92 Å². The highest BCUT2D eigenvalue weighted by molar-refractivity contribution is 5.98. The van der Waals surface area contributed by atoms with Crippen molar-refractivity contribution in [2.24, 2.45) is 0 Å². The average molecular weight is 320 g/mol. The van der Waals surface area contributed by atoms with Gasteiger partial charge in [0.05, 0.1) is 18.0 Å². The average Bonchev–Trinajstić information content (AvgIpc) is 3.00. The molecule has 2 rings (SSSR count). The van der Waals surface area contributed by atoms with Crippen LogP contribution in [0.2, 0.25) is 0 Å². The number of hydrogen-bond donors (Lipinski definition) is 1. The number of hydrogen-bond acceptors (Lipinski definition) is 4. The summed E-state index contributed by atoms with van der Waals surface area (Å²) in [5, 5.41) is 2.99. The SMILES string of the molecule is CCCCOc1ccc(NC(=O)C2(OCC)CCCC2)c(C)n1. The fourth-order valence-corrected chi connectivity index (χ4v) is 2.97. The number of pyridine rings is 1. The first-order chi connectivity index (χ1) is 11.1. The lowest BCUT2D eigenvalue weighted by atomic mass is 10.0. The number of anilines is 1.